The summed E-state index contributed by atoms with van der Waals surface area (Å²) in [7, 11) is 0. The van der Waals surface area contributed by atoms with E-state index in [9.17, 15) is 10.2 Å². The first-order valence-corrected chi connectivity index (χ1v) is 10.5. The monoisotopic (exact) mass is 394 g/mol. The standard InChI is InChI=1S/C25H30O4/c1-15(2)5-6-16-12-20(22(27)13-21(16)26)18-11-17-7-8-23-19(24(17)28-14-18)9-10-25(3,4)29-23/h7-8,11-13,15,26-27H,5-6,9-10,14H2,1-4H3. The second-order valence-corrected chi connectivity index (χ2v) is 9.21. The number of aryl methyl sites for hydroxylation is 1. The van der Waals surface area contributed by atoms with Crippen LogP contribution in [0.25, 0.3) is 11.6 Å². The van der Waals surface area contributed by atoms with Gasteiger partial charge in [0.1, 0.15) is 35.2 Å². The molecule has 154 valence electrons. The molecule has 0 amide bonds. The lowest BCUT2D eigenvalue weighted by atomic mass is 9.90. The molecule has 0 saturated heterocycles. The van der Waals surface area contributed by atoms with Crippen LogP contribution in [-0.2, 0) is 12.8 Å². The van der Waals surface area contributed by atoms with Crippen molar-refractivity contribution in [2.45, 2.75) is 59.0 Å². The van der Waals surface area contributed by atoms with E-state index in [0.717, 1.165) is 65.0 Å². The highest BCUT2D eigenvalue weighted by molar-refractivity contribution is 5.88. The van der Waals surface area contributed by atoms with E-state index in [1.165, 1.54) is 6.07 Å². The summed E-state index contributed by atoms with van der Waals surface area (Å²) in [5.41, 5.74) is 4.48. The summed E-state index contributed by atoms with van der Waals surface area (Å²) >= 11 is 0. The van der Waals surface area contributed by atoms with Gasteiger partial charge < -0.3 is 19.7 Å². The molecule has 0 saturated carbocycles. The van der Waals surface area contributed by atoms with Crippen molar-refractivity contribution in [2.75, 3.05) is 6.61 Å². The summed E-state index contributed by atoms with van der Waals surface area (Å²) in [6.07, 6.45) is 5.73. The molecule has 0 bridgehead atoms. The van der Waals surface area contributed by atoms with E-state index in [4.69, 9.17) is 9.47 Å². The molecule has 4 rings (SSSR count). The van der Waals surface area contributed by atoms with Crippen LogP contribution in [0.3, 0.4) is 0 Å². The molecule has 0 aromatic heterocycles. The first-order valence-electron chi connectivity index (χ1n) is 10.5. The first-order chi connectivity index (χ1) is 13.7. The van der Waals surface area contributed by atoms with Crippen LogP contribution in [0.1, 0.15) is 62.8 Å². The lowest BCUT2D eigenvalue weighted by Crippen LogP contribution is -2.33. The van der Waals surface area contributed by atoms with Gasteiger partial charge in [-0.2, -0.15) is 0 Å². The third kappa shape index (κ3) is 3.93. The van der Waals surface area contributed by atoms with Crippen LogP contribution in [0.15, 0.2) is 24.3 Å². The molecule has 2 aromatic carbocycles. The van der Waals surface area contributed by atoms with E-state index >= 15 is 0 Å². The Kier molecular flexibility index (Phi) is 4.97. The Morgan fingerprint density at radius 2 is 1.90 bits per heavy atom. The quantitative estimate of drug-likeness (QED) is 0.696. The van der Waals surface area contributed by atoms with Gasteiger partial charge in [-0.3, -0.25) is 0 Å². The summed E-state index contributed by atoms with van der Waals surface area (Å²) in [5.74, 6) is 2.57. The fraction of sp³-hybridized carbons (Fsp3) is 0.440. The molecule has 2 N–H and O–H groups in total. The number of hydrogen-bond donors (Lipinski definition) is 2. The first kappa shape index (κ1) is 19.7. The van der Waals surface area contributed by atoms with E-state index in [2.05, 4.69) is 33.8 Å². The van der Waals surface area contributed by atoms with E-state index in [1.807, 2.05) is 18.2 Å². The Hall–Kier alpha value is -2.62. The molecular formula is C25H30O4. The van der Waals surface area contributed by atoms with Gasteiger partial charge in [-0.25, -0.2) is 0 Å². The highest BCUT2D eigenvalue weighted by Crippen LogP contribution is 2.44. The molecule has 4 nitrogen and oxygen atoms in total. The number of hydrogen-bond acceptors (Lipinski definition) is 4. The highest BCUT2D eigenvalue weighted by Gasteiger charge is 2.30. The third-order valence-corrected chi connectivity index (χ3v) is 5.85. The Balaban J connectivity index is 1.69. The second-order valence-electron chi connectivity index (χ2n) is 9.21. The maximum absolute atomic E-state index is 10.5. The molecule has 0 spiro atoms. The minimum Gasteiger partial charge on any atom is -0.508 e. The molecular weight excluding hydrogens is 364 g/mol. The van der Waals surface area contributed by atoms with Crippen molar-refractivity contribution >= 4 is 11.6 Å². The molecule has 2 heterocycles. The van der Waals surface area contributed by atoms with Crippen LogP contribution in [0.2, 0.25) is 0 Å². The van der Waals surface area contributed by atoms with Gasteiger partial charge in [0.05, 0.1) is 0 Å². The summed E-state index contributed by atoms with van der Waals surface area (Å²) in [6, 6.07) is 7.38. The van der Waals surface area contributed by atoms with Gasteiger partial charge in [-0.1, -0.05) is 13.8 Å². The molecule has 0 radical (unpaired) electrons. The molecule has 2 aliphatic heterocycles. The van der Waals surface area contributed by atoms with Gasteiger partial charge in [0.2, 0.25) is 0 Å². The Labute approximate surface area is 172 Å². The zero-order valence-electron chi connectivity index (χ0n) is 17.7. The van der Waals surface area contributed by atoms with Gasteiger partial charge in [0, 0.05) is 28.3 Å². The molecule has 29 heavy (non-hydrogen) atoms. The molecule has 0 atom stereocenters. The zero-order chi connectivity index (χ0) is 20.8. The van der Waals surface area contributed by atoms with Crippen molar-refractivity contribution in [1.82, 2.24) is 0 Å². The number of aromatic hydroxyl groups is 2. The Bertz CT molecular complexity index is 969. The van der Waals surface area contributed by atoms with Crippen LogP contribution in [0.5, 0.6) is 23.0 Å². The molecule has 0 unspecified atom stereocenters. The topological polar surface area (TPSA) is 58.9 Å². The van der Waals surface area contributed by atoms with Gasteiger partial charge in [-0.05, 0) is 75.3 Å². The fourth-order valence-corrected chi connectivity index (χ4v) is 4.08. The Morgan fingerprint density at radius 1 is 1.10 bits per heavy atom. The number of fused-ring (bicyclic) bond motifs is 3. The molecule has 0 aliphatic carbocycles. The normalized spacial score (nSPS) is 17.1. The number of ether oxygens (including phenoxy) is 2. The lowest BCUT2D eigenvalue weighted by Gasteiger charge is -2.34. The molecule has 0 fully saturated rings. The largest absolute Gasteiger partial charge is 0.508 e. The van der Waals surface area contributed by atoms with Crippen molar-refractivity contribution < 1.29 is 19.7 Å². The average Bonchev–Trinajstić information content (AvgIpc) is 2.65. The van der Waals surface area contributed by atoms with Crippen molar-refractivity contribution in [1.29, 1.82) is 0 Å². The number of phenolic OH excluding ortho intramolecular Hbond substituents is 2. The number of rotatable bonds is 4. The van der Waals surface area contributed by atoms with Crippen LogP contribution in [0.4, 0.5) is 0 Å². The minimum atomic E-state index is -0.152. The van der Waals surface area contributed by atoms with Crippen molar-refractivity contribution in [3.63, 3.8) is 0 Å². The van der Waals surface area contributed by atoms with Gasteiger partial charge >= 0.3 is 0 Å². The van der Waals surface area contributed by atoms with Crippen LogP contribution in [0, 0.1) is 5.92 Å². The summed E-state index contributed by atoms with van der Waals surface area (Å²) in [4.78, 5) is 0. The van der Waals surface area contributed by atoms with E-state index in [0.29, 0.717) is 12.5 Å². The van der Waals surface area contributed by atoms with Crippen molar-refractivity contribution in [2.24, 2.45) is 5.92 Å². The maximum Gasteiger partial charge on any atom is 0.133 e. The van der Waals surface area contributed by atoms with E-state index < -0.39 is 0 Å². The van der Waals surface area contributed by atoms with E-state index in [-0.39, 0.29) is 17.1 Å². The summed E-state index contributed by atoms with van der Waals surface area (Å²) < 4.78 is 12.3. The molecule has 2 aromatic rings. The smallest absolute Gasteiger partial charge is 0.133 e. The average molecular weight is 395 g/mol. The van der Waals surface area contributed by atoms with E-state index in [1.54, 1.807) is 0 Å². The molecule has 4 heteroatoms. The second kappa shape index (κ2) is 7.33. The lowest BCUT2D eigenvalue weighted by molar-refractivity contribution is 0.0834. The minimum absolute atomic E-state index is 0.0807. The highest BCUT2D eigenvalue weighted by atomic mass is 16.5. The summed E-state index contributed by atoms with van der Waals surface area (Å²) in [6.45, 7) is 8.93. The van der Waals surface area contributed by atoms with Gasteiger partial charge in [0.25, 0.3) is 0 Å². The van der Waals surface area contributed by atoms with Crippen molar-refractivity contribution in [3.05, 3.63) is 46.5 Å². The van der Waals surface area contributed by atoms with Crippen LogP contribution < -0.4 is 9.47 Å². The third-order valence-electron chi connectivity index (χ3n) is 5.85. The van der Waals surface area contributed by atoms with Gasteiger partial charge in [0.15, 0.2) is 0 Å². The fourth-order valence-electron chi connectivity index (χ4n) is 4.08. The maximum atomic E-state index is 10.5. The van der Waals surface area contributed by atoms with Crippen LogP contribution >= 0.6 is 0 Å². The van der Waals surface area contributed by atoms with Crippen molar-refractivity contribution in [3.8, 4) is 23.0 Å². The van der Waals surface area contributed by atoms with Gasteiger partial charge in [-0.15, -0.1) is 0 Å². The number of phenols is 2. The number of benzene rings is 2. The summed E-state index contributed by atoms with van der Waals surface area (Å²) in [5, 5.41) is 20.7. The predicted octanol–water partition coefficient (Wildman–Crippen LogP) is 5.72. The van der Waals surface area contributed by atoms with Crippen LogP contribution in [-0.4, -0.2) is 22.4 Å². The molecule has 2 aliphatic rings. The predicted molar refractivity (Wildman–Crippen MR) is 116 cm³/mol. The Morgan fingerprint density at radius 3 is 2.66 bits per heavy atom. The zero-order valence-corrected chi connectivity index (χ0v) is 17.7. The SMILES string of the molecule is CC(C)CCc1cc(C2=Cc3ccc4c(c3OC2)CCC(C)(C)O4)c(O)cc1O.